The van der Waals surface area contributed by atoms with Gasteiger partial charge in [-0.25, -0.2) is 0 Å². The Morgan fingerprint density at radius 3 is 2.61 bits per heavy atom. The van der Waals surface area contributed by atoms with Crippen LogP contribution in [0.25, 0.3) is 0 Å². The van der Waals surface area contributed by atoms with Crippen LogP contribution in [-0.4, -0.2) is 29.2 Å². The van der Waals surface area contributed by atoms with E-state index >= 15 is 0 Å². The first kappa shape index (κ1) is 19.0. The van der Waals surface area contributed by atoms with E-state index in [9.17, 15) is 4.79 Å². The zero-order valence-corrected chi connectivity index (χ0v) is 16.9. The van der Waals surface area contributed by atoms with Gasteiger partial charge in [-0.3, -0.25) is 4.79 Å². The van der Waals surface area contributed by atoms with Crippen molar-refractivity contribution in [1.82, 2.24) is 4.90 Å². The summed E-state index contributed by atoms with van der Waals surface area (Å²) >= 11 is 6.34. The van der Waals surface area contributed by atoms with Gasteiger partial charge in [0.15, 0.2) is 6.10 Å². The van der Waals surface area contributed by atoms with E-state index in [1.807, 2.05) is 29.2 Å². The van der Waals surface area contributed by atoms with Crippen LogP contribution >= 0.6 is 11.6 Å². The molecule has 0 bridgehead atoms. The molecule has 28 heavy (non-hydrogen) atoms. The van der Waals surface area contributed by atoms with Gasteiger partial charge in [0.25, 0.3) is 0 Å². The van der Waals surface area contributed by atoms with Crippen molar-refractivity contribution < 1.29 is 9.63 Å². The fourth-order valence-corrected chi connectivity index (χ4v) is 3.86. The molecule has 0 spiro atoms. The lowest BCUT2D eigenvalue weighted by molar-refractivity contribution is -0.140. The van der Waals surface area contributed by atoms with Crippen LogP contribution in [0.15, 0.2) is 53.7 Å². The summed E-state index contributed by atoms with van der Waals surface area (Å²) in [6, 6.07) is 16.0. The molecule has 146 valence electrons. The van der Waals surface area contributed by atoms with Crippen molar-refractivity contribution in [2.75, 3.05) is 6.54 Å². The highest BCUT2D eigenvalue weighted by Crippen LogP contribution is 2.30. The van der Waals surface area contributed by atoms with Crippen molar-refractivity contribution in [3.05, 3.63) is 70.2 Å². The summed E-state index contributed by atoms with van der Waals surface area (Å²) in [5.41, 5.74) is 4.21. The molecule has 2 aliphatic rings. The fraction of sp³-hybridized carbons (Fsp3) is 0.391. The Hall–Kier alpha value is -2.33. The molecule has 1 fully saturated rings. The molecule has 0 aromatic heterocycles. The highest BCUT2D eigenvalue weighted by atomic mass is 35.5. The third-order valence-electron chi connectivity index (χ3n) is 5.63. The van der Waals surface area contributed by atoms with Crippen LogP contribution in [-0.2, 0) is 16.2 Å². The highest BCUT2D eigenvalue weighted by Gasteiger charge is 2.33. The lowest BCUT2D eigenvalue weighted by Crippen LogP contribution is -2.42. The Morgan fingerprint density at radius 1 is 1.18 bits per heavy atom. The first-order valence-corrected chi connectivity index (χ1v) is 10.3. The van der Waals surface area contributed by atoms with Crippen molar-refractivity contribution in [2.45, 2.75) is 45.3 Å². The zero-order valence-electron chi connectivity index (χ0n) is 16.1. The third kappa shape index (κ3) is 4.22. The van der Waals surface area contributed by atoms with Gasteiger partial charge >= 0.3 is 0 Å². The maximum absolute atomic E-state index is 13.0. The molecule has 1 saturated carbocycles. The molecule has 0 saturated heterocycles. The minimum atomic E-state index is -0.122. The fourth-order valence-electron chi connectivity index (χ4n) is 3.67. The number of nitrogens with zero attached hydrogens (tertiary/aromatic N) is 2. The first-order chi connectivity index (χ1) is 13.6. The monoisotopic (exact) mass is 396 g/mol. The number of hydrogen-bond acceptors (Lipinski definition) is 3. The molecule has 1 amide bonds. The maximum Gasteiger partial charge on any atom is 0.226 e. The van der Waals surface area contributed by atoms with Crippen LogP contribution in [0.1, 0.15) is 42.4 Å². The van der Waals surface area contributed by atoms with Gasteiger partial charge in [-0.05, 0) is 37.0 Å². The lowest BCUT2D eigenvalue weighted by atomic mass is 9.84. The third-order valence-corrected chi connectivity index (χ3v) is 6.00. The van der Waals surface area contributed by atoms with E-state index in [1.165, 1.54) is 5.56 Å². The van der Waals surface area contributed by atoms with Crippen LogP contribution < -0.4 is 0 Å². The SMILES string of the molecule is Cc1ccc(C2=NO[C@@H](CN(Cc3ccccc3Cl)C(=O)C3CCC3)C2)cc1. The zero-order chi connectivity index (χ0) is 19.5. The van der Waals surface area contributed by atoms with E-state index in [0.717, 1.165) is 36.1 Å². The number of oxime groups is 1. The molecule has 4 nitrogen and oxygen atoms in total. The average Bonchev–Trinajstić information content (AvgIpc) is 3.10. The van der Waals surface area contributed by atoms with Gasteiger partial charge in [0, 0.05) is 23.9 Å². The standard InChI is InChI=1S/C23H25ClN2O2/c1-16-9-11-17(12-10-16)22-13-20(28-25-22)15-26(23(27)18-6-4-7-18)14-19-5-2-3-8-21(19)24/h2-3,5,8-12,18,20H,4,6-7,13-15H2,1H3/t20-/m1/s1. The summed E-state index contributed by atoms with van der Waals surface area (Å²) in [7, 11) is 0. The van der Waals surface area contributed by atoms with Crippen LogP contribution in [0.5, 0.6) is 0 Å². The molecule has 1 atom stereocenters. The van der Waals surface area contributed by atoms with Gasteiger partial charge in [-0.1, -0.05) is 71.2 Å². The Labute approximate surface area is 171 Å². The summed E-state index contributed by atoms with van der Waals surface area (Å²) in [6.07, 6.45) is 3.68. The number of amides is 1. The number of hydrogen-bond donors (Lipinski definition) is 0. The smallest absolute Gasteiger partial charge is 0.226 e. The number of benzene rings is 2. The van der Waals surface area contributed by atoms with Crippen LogP contribution in [0, 0.1) is 12.8 Å². The largest absolute Gasteiger partial charge is 0.390 e. The predicted octanol–water partition coefficient (Wildman–Crippen LogP) is 4.97. The number of aryl methyl sites for hydroxylation is 1. The van der Waals surface area contributed by atoms with Crippen molar-refractivity contribution in [3.8, 4) is 0 Å². The van der Waals surface area contributed by atoms with Crippen molar-refractivity contribution in [3.63, 3.8) is 0 Å². The number of carbonyl (C=O) groups is 1. The number of carbonyl (C=O) groups excluding carboxylic acids is 1. The van der Waals surface area contributed by atoms with E-state index in [1.54, 1.807) is 0 Å². The Bertz CT molecular complexity index is 874. The average molecular weight is 397 g/mol. The maximum atomic E-state index is 13.0. The lowest BCUT2D eigenvalue weighted by Gasteiger charge is -2.33. The topological polar surface area (TPSA) is 41.9 Å². The van der Waals surface area contributed by atoms with Crippen LogP contribution in [0.4, 0.5) is 0 Å². The summed E-state index contributed by atoms with van der Waals surface area (Å²) in [6.45, 7) is 3.10. The molecule has 4 rings (SSSR count). The predicted molar refractivity (Wildman–Crippen MR) is 111 cm³/mol. The van der Waals surface area contributed by atoms with Gasteiger partial charge < -0.3 is 9.74 Å². The first-order valence-electron chi connectivity index (χ1n) is 9.92. The van der Waals surface area contributed by atoms with Gasteiger partial charge in [-0.2, -0.15) is 0 Å². The van der Waals surface area contributed by atoms with E-state index in [4.69, 9.17) is 16.4 Å². The van der Waals surface area contributed by atoms with Crippen molar-refractivity contribution in [1.29, 1.82) is 0 Å². The normalized spacial score (nSPS) is 18.9. The Balaban J connectivity index is 1.44. The van der Waals surface area contributed by atoms with Crippen molar-refractivity contribution in [2.24, 2.45) is 11.1 Å². The molecule has 5 heteroatoms. The van der Waals surface area contributed by atoms with E-state index in [0.29, 0.717) is 24.5 Å². The molecule has 1 aliphatic heterocycles. The molecule has 0 radical (unpaired) electrons. The molecule has 1 heterocycles. The van der Waals surface area contributed by atoms with Gasteiger partial charge in [-0.15, -0.1) is 0 Å². The number of rotatable bonds is 6. The Morgan fingerprint density at radius 2 is 1.93 bits per heavy atom. The molecular formula is C23H25ClN2O2. The summed E-state index contributed by atoms with van der Waals surface area (Å²) in [5, 5.41) is 4.98. The Kier molecular flexibility index (Phi) is 5.67. The molecule has 0 N–H and O–H groups in total. The summed E-state index contributed by atoms with van der Waals surface area (Å²) < 4.78 is 0. The summed E-state index contributed by atoms with van der Waals surface area (Å²) in [5.74, 6) is 0.347. The van der Waals surface area contributed by atoms with Crippen LogP contribution in [0.3, 0.4) is 0 Å². The second kappa shape index (κ2) is 8.36. The molecule has 2 aromatic rings. The van der Waals surface area contributed by atoms with E-state index < -0.39 is 0 Å². The van der Waals surface area contributed by atoms with Crippen LogP contribution in [0.2, 0.25) is 5.02 Å². The minimum absolute atomic E-state index is 0.122. The van der Waals surface area contributed by atoms with E-state index in [-0.39, 0.29) is 17.9 Å². The van der Waals surface area contributed by atoms with Gasteiger partial charge in [0.2, 0.25) is 5.91 Å². The quantitative estimate of drug-likeness (QED) is 0.691. The molecule has 1 aliphatic carbocycles. The minimum Gasteiger partial charge on any atom is -0.390 e. The second-order valence-electron chi connectivity index (χ2n) is 7.77. The highest BCUT2D eigenvalue weighted by molar-refractivity contribution is 6.31. The summed E-state index contributed by atoms with van der Waals surface area (Å²) in [4.78, 5) is 20.6. The second-order valence-corrected chi connectivity index (χ2v) is 8.18. The molecule has 2 aromatic carbocycles. The van der Waals surface area contributed by atoms with Crippen molar-refractivity contribution >= 4 is 23.2 Å². The molecule has 0 unspecified atom stereocenters. The van der Waals surface area contributed by atoms with Gasteiger partial charge in [0.05, 0.1) is 12.3 Å². The van der Waals surface area contributed by atoms with Gasteiger partial charge in [0.1, 0.15) is 0 Å². The number of halogens is 1. The van der Waals surface area contributed by atoms with E-state index in [2.05, 4.69) is 36.3 Å². The molecular weight excluding hydrogens is 372 g/mol.